The smallest absolute Gasteiger partial charge is 0.309 e. The second-order valence-corrected chi connectivity index (χ2v) is 5.03. The fourth-order valence-electron chi connectivity index (χ4n) is 2.42. The number of nitrogens with zero attached hydrogens (tertiary/aromatic N) is 1. The quantitative estimate of drug-likeness (QED) is 0.930. The van der Waals surface area contributed by atoms with Crippen LogP contribution >= 0.6 is 15.9 Å². The van der Waals surface area contributed by atoms with Gasteiger partial charge in [0.15, 0.2) is 4.67 Å². The highest BCUT2D eigenvalue weighted by atomic mass is 79.9. The molecule has 98 valence electrons. The lowest BCUT2D eigenvalue weighted by Crippen LogP contribution is -2.45. The van der Waals surface area contributed by atoms with Gasteiger partial charge in [0.1, 0.15) is 11.8 Å². The third kappa shape index (κ3) is 2.29. The molecule has 1 N–H and O–H groups in total. The molecule has 2 heterocycles. The molecule has 18 heavy (non-hydrogen) atoms. The monoisotopic (exact) mass is 315 g/mol. The molecule has 0 spiro atoms. The SMILES string of the molecule is CCN1C(=O)CCC(C(=O)O)C1c1ccc(Br)o1. The Bertz CT molecular complexity index is 468. The van der Waals surface area contributed by atoms with Crippen LogP contribution in [-0.4, -0.2) is 28.4 Å². The first-order valence-electron chi connectivity index (χ1n) is 5.82. The molecule has 1 aromatic rings. The van der Waals surface area contributed by atoms with E-state index in [1.165, 1.54) is 0 Å². The number of furan rings is 1. The number of hydrogen-bond donors (Lipinski definition) is 1. The third-order valence-electron chi connectivity index (χ3n) is 3.25. The molecule has 1 aliphatic heterocycles. The molecule has 2 rings (SSSR count). The lowest BCUT2D eigenvalue weighted by Gasteiger charge is -2.37. The van der Waals surface area contributed by atoms with E-state index in [4.69, 9.17) is 4.42 Å². The van der Waals surface area contributed by atoms with Crippen LogP contribution in [0.2, 0.25) is 0 Å². The summed E-state index contributed by atoms with van der Waals surface area (Å²) in [5.74, 6) is -1.00. The zero-order chi connectivity index (χ0) is 13.3. The first-order chi connectivity index (χ1) is 8.54. The van der Waals surface area contributed by atoms with Gasteiger partial charge in [0.05, 0.1) is 5.92 Å². The summed E-state index contributed by atoms with van der Waals surface area (Å²) in [5, 5.41) is 9.28. The predicted molar refractivity (Wildman–Crippen MR) is 66.9 cm³/mol. The summed E-state index contributed by atoms with van der Waals surface area (Å²) >= 11 is 3.20. The number of halogens is 1. The number of carboxylic acid groups (broad SMARTS) is 1. The van der Waals surface area contributed by atoms with Gasteiger partial charge in [-0.2, -0.15) is 0 Å². The average Bonchev–Trinajstić information content (AvgIpc) is 2.74. The van der Waals surface area contributed by atoms with Crippen molar-refractivity contribution in [1.29, 1.82) is 0 Å². The van der Waals surface area contributed by atoms with E-state index < -0.39 is 17.9 Å². The number of amides is 1. The molecule has 6 heteroatoms. The minimum absolute atomic E-state index is 0.0208. The van der Waals surface area contributed by atoms with Crippen LogP contribution in [0.15, 0.2) is 21.2 Å². The van der Waals surface area contributed by atoms with Crippen LogP contribution in [0.5, 0.6) is 0 Å². The number of hydrogen-bond acceptors (Lipinski definition) is 3. The maximum atomic E-state index is 11.9. The van der Waals surface area contributed by atoms with E-state index in [0.717, 1.165) is 0 Å². The van der Waals surface area contributed by atoms with Gasteiger partial charge in [-0.05, 0) is 41.4 Å². The van der Waals surface area contributed by atoms with Crippen LogP contribution in [0.1, 0.15) is 31.6 Å². The van der Waals surface area contributed by atoms with E-state index in [9.17, 15) is 14.7 Å². The van der Waals surface area contributed by atoms with Crippen molar-refractivity contribution in [3.05, 3.63) is 22.6 Å². The van der Waals surface area contributed by atoms with Crippen LogP contribution in [-0.2, 0) is 9.59 Å². The highest BCUT2D eigenvalue weighted by Crippen LogP contribution is 2.38. The lowest BCUT2D eigenvalue weighted by molar-refractivity contribution is -0.152. The summed E-state index contributed by atoms with van der Waals surface area (Å²) in [5.41, 5.74) is 0. The minimum atomic E-state index is -0.890. The molecule has 2 unspecified atom stereocenters. The summed E-state index contributed by atoms with van der Waals surface area (Å²) < 4.78 is 5.98. The van der Waals surface area contributed by atoms with Crippen LogP contribution in [0.25, 0.3) is 0 Å². The molecule has 0 bridgehead atoms. The summed E-state index contributed by atoms with van der Waals surface area (Å²) in [4.78, 5) is 24.8. The highest BCUT2D eigenvalue weighted by Gasteiger charge is 2.41. The van der Waals surface area contributed by atoms with Gasteiger partial charge in [0.25, 0.3) is 0 Å². The van der Waals surface area contributed by atoms with Crippen molar-refractivity contribution in [2.75, 3.05) is 6.54 Å². The molecule has 0 saturated carbocycles. The molecule has 5 nitrogen and oxygen atoms in total. The first kappa shape index (κ1) is 13.1. The van der Waals surface area contributed by atoms with Gasteiger partial charge in [-0.1, -0.05) is 0 Å². The van der Waals surface area contributed by atoms with Gasteiger partial charge >= 0.3 is 5.97 Å². The number of carbonyl (C=O) groups excluding carboxylic acids is 1. The fraction of sp³-hybridized carbons (Fsp3) is 0.500. The van der Waals surface area contributed by atoms with Crippen molar-refractivity contribution in [3.8, 4) is 0 Å². The van der Waals surface area contributed by atoms with Crippen molar-refractivity contribution in [2.45, 2.75) is 25.8 Å². The third-order valence-corrected chi connectivity index (χ3v) is 3.68. The van der Waals surface area contributed by atoms with Gasteiger partial charge in [-0.15, -0.1) is 0 Å². The van der Waals surface area contributed by atoms with E-state index in [-0.39, 0.29) is 12.3 Å². The highest BCUT2D eigenvalue weighted by molar-refractivity contribution is 9.10. The lowest BCUT2D eigenvalue weighted by atomic mass is 9.87. The van der Waals surface area contributed by atoms with Gasteiger partial charge in [-0.25, -0.2) is 0 Å². The Labute approximate surface area is 113 Å². The maximum absolute atomic E-state index is 11.9. The standard InChI is InChI=1S/C12H14BrNO4/c1-2-14-10(15)6-3-7(12(16)17)11(14)8-4-5-9(13)18-8/h4-5,7,11H,2-3,6H2,1H3,(H,16,17). The Hall–Kier alpha value is -1.30. The number of likely N-dealkylation sites (tertiary alicyclic amines) is 1. The zero-order valence-electron chi connectivity index (χ0n) is 9.93. The Kier molecular flexibility index (Phi) is 3.75. The molecule has 1 amide bonds. The van der Waals surface area contributed by atoms with E-state index in [1.807, 2.05) is 6.92 Å². The summed E-state index contributed by atoms with van der Waals surface area (Å²) in [6.45, 7) is 2.32. The number of rotatable bonds is 3. The topological polar surface area (TPSA) is 70.8 Å². The van der Waals surface area contributed by atoms with Crippen LogP contribution < -0.4 is 0 Å². The van der Waals surface area contributed by atoms with Gasteiger partial charge in [0, 0.05) is 13.0 Å². The Morgan fingerprint density at radius 1 is 1.61 bits per heavy atom. The summed E-state index contributed by atoms with van der Waals surface area (Å²) in [6.07, 6.45) is 0.636. The zero-order valence-corrected chi connectivity index (χ0v) is 11.5. The summed E-state index contributed by atoms with van der Waals surface area (Å²) in [6, 6.07) is 2.91. The summed E-state index contributed by atoms with van der Waals surface area (Å²) in [7, 11) is 0. The Balaban J connectivity index is 2.39. The number of carboxylic acids is 1. The van der Waals surface area contributed by atoms with Gasteiger partial charge < -0.3 is 14.4 Å². The molecule has 1 saturated heterocycles. The Morgan fingerprint density at radius 3 is 2.83 bits per heavy atom. The van der Waals surface area contributed by atoms with E-state index in [2.05, 4.69) is 15.9 Å². The molecule has 1 fully saturated rings. The molecule has 2 atom stereocenters. The fourth-order valence-corrected chi connectivity index (χ4v) is 2.74. The number of aliphatic carboxylic acids is 1. The van der Waals surface area contributed by atoms with Crippen molar-refractivity contribution in [1.82, 2.24) is 4.90 Å². The second-order valence-electron chi connectivity index (χ2n) is 4.25. The van der Waals surface area contributed by atoms with Gasteiger partial charge in [-0.3, -0.25) is 9.59 Å². The van der Waals surface area contributed by atoms with Gasteiger partial charge in [0.2, 0.25) is 5.91 Å². The van der Waals surface area contributed by atoms with Crippen molar-refractivity contribution in [2.24, 2.45) is 5.92 Å². The van der Waals surface area contributed by atoms with E-state index >= 15 is 0 Å². The second kappa shape index (κ2) is 5.14. The van der Waals surface area contributed by atoms with Crippen molar-refractivity contribution >= 4 is 27.8 Å². The van der Waals surface area contributed by atoms with Crippen LogP contribution in [0.4, 0.5) is 0 Å². The minimum Gasteiger partial charge on any atom is -0.481 e. The molecule has 0 aromatic carbocycles. The van der Waals surface area contributed by atoms with E-state index in [1.54, 1.807) is 17.0 Å². The molecular formula is C12H14BrNO4. The molecule has 0 radical (unpaired) electrons. The number of piperidine rings is 1. The van der Waals surface area contributed by atoms with Crippen LogP contribution in [0.3, 0.4) is 0 Å². The predicted octanol–water partition coefficient (Wildman–Crippen LogP) is 2.43. The maximum Gasteiger partial charge on any atom is 0.309 e. The van der Waals surface area contributed by atoms with Crippen molar-refractivity contribution in [3.63, 3.8) is 0 Å². The first-order valence-corrected chi connectivity index (χ1v) is 6.61. The molecular weight excluding hydrogens is 302 g/mol. The largest absolute Gasteiger partial charge is 0.481 e. The molecule has 1 aliphatic rings. The van der Waals surface area contributed by atoms with Crippen LogP contribution in [0, 0.1) is 5.92 Å². The molecule has 1 aromatic heterocycles. The Morgan fingerprint density at radius 2 is 2.33 bits per heavy atom. The van der Waals surface area contributed by atoms with E-state index in [0.29, 0.717) is 23.4 Å². The van der Waals surface area contributed by atoms with Crippen molar-refractivity contribution < 1.29 is 19.1 Å². The normalized spacial score (nSPS) is 24.3. The average molecular weight is 316 g/mol. The number of carbonyl (C=O) groups is 2. The molecule has 0 aliphatic carbocycles.